The van der Waals surface area contributed by atoms with Crippen LogP contribution in [0.25, 0.3) is 11.2 Å². The minimum Gasteiger partial charge on any atom is -0.456 e. The number of anilines is 2. The van der Waals surface area contributed by atoms with Crippen molar-refractivity contribution in [3.05, 3.63) is 41.4 Å². The molecule has 1 fully saturated rings. The lowest BCUT2D eigenvalue weighted by molar-refractivity contribution is -0.0489. The van der Waals surface area contributed by atoms with Gasteiger partial charge in [-0.05, 0) is 18.2 Å². The van der Waals surface area contributed by atoms with Crippen LogP contribution in [0.3, 0.4) is 0 Å². The van der Waals surface area contributed by atoms with Crippen molar-refractivity contribution in [1.82, 2.24) is 19.5 Å². The average Bonchev–Trinajstić information content (AvgIpc) is 3.41. The monoisotopic (exact) mass is 644 g/mol. The highest BCUT2D eigenvalue weighted by atomic mass is 35.5. The summed E-state index contributed by atoms with van der Waals surface area (Å²) in [6.45, 7) is -0.896. The first kappa shape index (κ1) is 30.5. The normalized spacial score (nSPS) is 22.6. The number of hydrogen-bond acceptors (Lipinski definition) is 14. The van der Waals surface area contributed by atoms with E-state index in [9.17, 15) is 28.3 Å². The molecule has 5 atom stereocenters. The number of nitrogens with two attached hydrogens (primary N) is 2. The zero-order valence-electron chi connectivity index (χ0n) is 19.7. The Kier molecular flexibility index (Phi) is 8.69. The number of nitrogen functional groups attached to an aromatic ring is 2. The third-order valence-electron chi connectivity index (χ3n) is 5.19. The van der Waals surface area contributed by atoms with Gasteiger partial charge in [-0.2, -0.15) is 8.62 Å². The first-order chi connectivity index (χ1) is 18.5. The molecule has 218 valence electrons. The van der Waals surface area contributed by atoms with Gasteiger partial charge in [-0.3, -0.25) is 9.09 Å². The second-order valence-corrected chi connectivity index (χ2v) is 12.9. The van der Waals surface area contributed by atoms with Crippen LogP contribution in [0.4, 0.5) is 11.5 Å². The number of imidazole rings is 1. The molecule has 4 rings (SSSR count). The highest BCUT2D eigenvalue weighted by Gasteiger charge is 2.44. The zero-order chi connectivity index (χ0) is 29.5. The van der Waals surface area contributed by atoms with Gasteiger partial charge in [0, 0.05) is 17.1 Å². The Morgan fingerprint density at radius 2 is 1.82 bits per heavy atom. The van der Waals surface area contributed by atoms with Gasteiger partial charge in [-0.25, -0.2) is 33.4 Å². The van der Waals surface area contributed by atoms with Crippen molar-refractivity contribution < 1.29 is 60.7 Å². The van der Waals surface area contributed by atoms with Crippen molar-refractivity contribution in [2.45, 2.75) is 24.9 Å². The molecule has 0 amide bonds. The van der Waals surface area contributed by atoms with Crippen molar-refractivity contribution in [2.24, 2.45) is 0 Å². The SMILES string of the molecule is Nc1ccc(Cl)cc1C(=O)O[C@H]1C[C@H](n2cnc3c(N)ncnc32)O[C@@H]1COP(=O)(O)OP(=O)(O)OP(=O)(O)O. The molecule has 0 bridgehead atoms. The van der Waals surface area contributed by atoms with Crippen LogP contribution in [-0.2, 0) is 36.3 Å². The first-order valence-corrected chi connectivity index (χ1v) is 15.6. The van der Waals surface area contributed by atoms with E-state index >= 15 is 0 Å². The molecule has 40 heavy (non-hydrogen) atoms. The van der Waals surface area contributed by atoms with Crippen LogP contribution in [0.1, 0.15) is 23.0 Å². The Labute approximate surface area is 228 Å². The predicted octanol–water partition coefficient (Wildman–Crippen LogP) is 1.50. The Morgan fingerprint density at radius 1 is 1.10 bits per heavy atom. The zero-order valence-corrected chi connectivity index (χ0v) is 23.1. The predicted molar refractivity (Wildman–Crippen MR) is 133 cm³/mol. The van der Waals surface area contributed by atoms with E-state index in [4.69, 9.17) is 42.3 Å². The van der Waals surface area contributed by atoms with Gasteiger partial charge >= 0.3 is 29.4 Å². The Balaban J connectivity index is 1.56. The van der Waals surface area contributed by atoms with E-state index in [1.807, 2.05) is 0 Å². The van der Waals surface area contributed by atoms with Gasteiger partial charge in [0.25, 0.3) is 0 Å². The molecule has 2 unspecified atom stereocenters. The minimum atomic E-state index is -5.76. The van der Waals surface area contributed by atoms with E-state index < -0.39 is 54.5 Å². The molecule has 1 aliphatic rings. The minimum absolute atomic E-state index is 0.0439. The molecule has 0 radical (unpaired) electrons. The van der Waals surface area contributed by atoms with Crippen LogP contribution in [0.5, 0.6) is 0 Å². The van der Waals surface area contributed by atoms with Crippen molar-refractivity contribution in [2.75, 3.05) is 18.1 Å². The molecule has 0 spiro atoms. The molecule has 1 aromatic carbocycles. The number of benzene rings is 1. The second-order valence-electron chi connectivity index (χ2n) is 8.01. The van der Waals surface area contributed by atoms with E-state index in [1.165, 1.54) is 35.4 Å². The van der Waals surface area contributed by atoms with Gasteiger partial charge in [-0.1, -0.05) is 11.6 Å². The summed E-state index contributed by atoms with van der Waals surface area (Å²) in [5.74, 6) is -0.856. The summed E-state index contributed by atoms with van der Waals surface area (Å²) in [6, 6.07) is 4.09. The fourth-order valence-corrected chi connectivity index (χ4v) is 6.81. The summed E-state index contributed by atoms with van der Waals surface area (Å²) >= 11 is 5.94. The number of nitrogens with zero attached hydrogens (tertiary/aromatic N) is 4. The molecule has 19 nitrogen and oxygen atoms in total. The van der Waals surface area contributed by atoms with E-state index in [1.54, 1.807) is 0 Å². The summed E-state index contributed by atoms with van der Waals surface area (Å²) in [5, 5.41) is 0.188. The largest absolute Gasteiger partial charge is 0.490 e. The third kappa shape index (κ3) is 7.41. The molecular formula is C17H20ClN6O13P3. The fraction of sp³-hybridized carbons (Fsp3) is 0.294. The number of halogens is 1. The molecule has 2 aromatic heterocycles. The van der Waals surface area contributed by atoms with E-state index in [0.29, 0.717) is 0 Å². The van der Waals surface area contributed by atoms with E-state index in [-0.39, 0.29) is 39.7 Å². The van der Waals surface area contributed by atoms with Gasteiger partial charge in [0.05, 0.1) is 18.5 Å². The van der Waals surface area contributed by atoms with Gasteiger partial charge in [-0.15, -0.1) is 0 Å². The van der Waals surface area contributed by atoms with Crippen LogP contribution in [0.15, 0.2) is 30.9 Å². The van der Waals surface area contributed by atoms with Crippen LogP contribution in [0.2, 0.25) is 5.02 Å². The molecule has 1 saturated heterocycles. The summed E-state index contributed by atoms with van der Waals surface area (Å²) in [4.78, 5) is 61.5. The summed E-state index contributed by atoms with van der Waals surface area (Å²) in [5.41, 5.74) is 12.1. The average molecular weight is 645 g/mol. The van der Waals surface area contributed by atoms with Crippen molar-refractivity contribution in [3.8, 4) is 0 Å². The maximum absolute atomic E-state index is 12.9. The summed E-state index contributed by atoms with van der Waals surface area (Å²) in [6.07, 6.45) is -1.07. The molecule has 3 aromatic rings. The number of fused-ring (bicyclic) bond motifs is 1. The number of carbonyl (C=O) groups is 1. The number of esters is 1. The second kappa shape index (κ2) is 11.4. The van der Waals surface area contributed by atoms with Crippen LogP contribution < -0.4 is 11.5 Å². The maximum Gasteiger partial charge on any atom is 0.490 e. The van der Waals surface area contributed by atoms with Crippen molar-refractivity contribution in [1.29, 1.82) is 0 Å². The molecule has 1 aliphatic heterocycles. The number of aromatic nitrogens is 4. The van der Waals surface area contributed by atoms with Crippen LogP contribution in [-0.4, -0.2) is 63.9 Å². The molecule has 23 heteroatoms. The number of carbonyl (C=O) groups excluding carboxylic acids is 1. The Hall–Kier alpha value is -2.50. The number of hydrogen-bond donors (Lipinski definition) is 6. The third-order valence-corrected chi connectivity index (χ3v) is 9.23. The first-order valence-electron chi connectivity index (χ1n) is 10.7. The van der Waals surface area contributed by atoms with Gasteiger partial charge in [0.2, 0.25) is 0 Å². The number of phosphoric acid groups is 3. The molecule has 0 saturated carbocycles. The van der Waals surface area contributed by atoms with Crippen LogP contribution in [0, 0.1) is 0 Å². The van der Waals surface area contributed by atoms with E-state index in [0.717, 1.165) is 0 Å². The number of ether oxygens (including phenoxy) is 2. The lowest BCUT2D eigenvalue weighted by Gasteiger charge is -2.21. The lowest BCUT2D eigenvalue weighted by Crippen LogP contribution is -2.31. The van der Waals surface area contributed by atoms with Gasteiger partial charge in [0.15, 0.2) is 11.5 Å². The highest BCUT2D eigenvalue weighted by Crippen LogP contribution is 2.66. The van der Waals surface area contributed by atoms with E-state index in [2.05, 4.69) is 28.1 Å². The number of rotatable bonds is 10. The number of phosphoric ester groups is 1. The summed E-state index contributed by atoms with van der Waals surface area (Å²) in [7, 11) is -16.9. The van der Waals surface area contributed by atoms with Gasteiger partial charge in [0.1, 0.15) is 30.3 Å². The quantitative estimate of drug-likeness (QED) is 0.103. The highest BCUT2D eigenvalue weighted by molar-refractivity contribution is 7.66. The van der Waals surface area contributed by atoms with Gasteiger partial charge < -0.3 is 40.5 Å². The van der Waals surface area contributed by atoms with Crippen LogP contribution >= 0.6 is 35.1 Å². The topological polar surface area (TPSA) is 291 Å². The summed E-state index contributed by atoms with van der Waals surface area (Å²) < 4.78 is 59.6. The molecule has 8 N–H and O–H groups in total. The molecule has 3 heterocycles. The standard InChI is InChI=1S/C17H20ClN6O13P3/c18-8-1-2-10(19)9(3-8)17(25)35-11-4-13(24-7-23-14-15(20)21-6-22-16(14)24)34-12(11)5-33-39(29,30)37-40(31,32)36-38(26,27)28/h1-3,6-7,11-13H,4-5,19H2,(H,29,30)(H,31,32)(H2,20,21,22)(H2,26,27,28)/t11-,12+,13+/m0/s1. The lowest BCUT2D eigenvalue weighted by atomic mass is 10.1. The van der Waals surface area contributed by atoms with Crippen molar-refractivity contribution >= 4 is 63.7 Å². The van der Waals surface area contributed by atoms with Crippen molar-refractivity contribution in [3.63, 3.8) is 0 Å². The smallest absolute Gasteiger partial charge is 0.456 e. The Bertz CT molecular complexity index is 1580. The fourth-order valence-electron chi connectivity index (χ4n) is 3.60. The Morgan fingerprint density at radius 3 is 2.52 bits per heavy atom. The molecule has 0 aliphatic carbocycles. The molecular weight excluding hydrogens is 625 g/mol. The maximum atomic E-state index is 12.9.